The number of nitrogens with one attached hydrogen (secondary N) is 1. The molecule has 5 heteroatoms. The molecule has 0 radical (unpaired) electrons. The molecule has 108 valence electrons. The summed E-state index contributed by atoms with van der Waals surface area (Å²) in [5, 5.41) is 2.69. The summed E-state index contributed by atoms with van der Waals surface area (Å²) in [4.78, 5) is 23.3. The predicted octanol–water partition coefficient (Wildman–Crippen LogP) is 2.14. The Hall–Kier alpha value is -2.04. The number of aryl methyl sites for hydroxylation is 1. The maximum Gasteiger partial charge on any atom is 0.309 e. The Kier molecular flexibility index (Phi) is 4.27. The quantitative estimate of drug-likeness (QED) is 0.837. The molecule has 1 fully saturated rings. The lowest BCUT2D eigenvalue weighted by Crippen LogP contribution is -2.22. The zero-order valence-corrected chi connectivity index (χ0v) is 11.9. The molecular weight excluding hydrogens is 258 g/mol. The maximum absolute atomic E-state index is 11.8. The number of benzene rings is 1. The second-order valence-corrected chi connectivity index (χ2v) is 5.18. The van der Waals surface area contributed by atoms with Crippen LogP contribution in [-0.4, -0.2) is 25.6 Å². The Morgan fingerprint density at radius 3 is 2.70 bits per heavy atom. The van der Waals surface area contributed by atoms with Gasteiger partial charge in [0.15, 0.2) is 6.61 Å². The molecule has 0 saturated heterocycles. The van der Waals surface area contributed by atoms with Gasteiger partial charge in [0.2, 0.25) is 0 Å². The number of carbonyl (C=O) groups is 2. The van der Waals surface area contributed by atoms with Gasteiger partial charge in [0.1, 0.15) is 5.75 Å². The zero-order valence-electron chi connectivity index (χ0n) is 11.9. The largest absolute Gasteiger partial charge is 0.495 e. The van der Waals surface area contributed by atoms with Crippen molar-refractivity contribution in [2.75, 3.05) is 19.0 Å². The molecule has 1 aliphatic rings. The zero-order chi connectivity index (χ0) is 14.7. The van der Waals surface area contributed by atoms with Crippen LogP contribution in [0.1, 0.15) is 18.9 Å². The highest BCUT2D eigenvalue weighted by molar-refractivity contribution is 5.94. The van der Waals surface area contributed by atoms with Gasteiger partial charge >= 0.3 is 5.97 Å². The molecule has 1 aromatic rings. The van der Waals surface area contributed by atoms with E-state index in [1.54, 1.807) is 6.07 Å². The van der Waals surface area contributed by atoms with Crippen molar-refractivity contribution in [2.24, 2.45) is 11.8 Å². The normalized spacial score (nSPS) is 20.1. The van der Waals surface area contributed by atoms with Crippen LogP contribution in [0.15, 0.2) is 18.2 Å². The standard InChI is InChI=1S/C15H19NO4/c1-9-4-5-13(19-3)12(6-9)16-14(17)8-20-15(18)11-7-10(11)2/h4-6,10-11H,7-8H2,1-3H3,(H,16,17)/t10-,11-/m1/s1. The molecule has 0 bridgehead atoms. The maximum atomic E-state index is 11.8. The third kappa shape index (κ3) is 3.50. The number of esters is 1. The average Bonchev–Trinajstić information content (AvgIpc) is 3.13. The van der Waals surface area contributed by atoms with Crippen molar-refractivity contribution >= 4 is 17.6 Å². The van der Waals surface area contributed by atoms with Gasteiger partial charge in [0, 0.05) is 0 Å². The van der Waals surface area contributed by atoms with Crippen LogP contribution >= 0.6 is 0 Å². The van der Waals surface area contributed by atoms with E-state index < -0.39 is 0 Å². The molecular formula is C15H19NO4. The summed E-state index contributed by atoms with van der Waals surface area (Å²) in [6.07, 6.45) is 0.853. The van der Waals surface area contributed by atoms with Crippen LogP contribution in [0.5, 0.6) is 5.75 Å². The minimum atomic E-state index is -0.365. The first-order valence-corrected chi connectivity index (χ1v) is 6.62. The lowest BCUT2D eigenvalue weighted by Gasteiger charge is -2.11. The Labute approximate surface area is 118 Å². The number of hydrogen-bond acceptors (Lipinski definition) is 4. The van der Waals surface area contributed by atoms with Crippen molar-refractivity contribution < 1.29 is 19.1 Å². The molecule has 1 saturated carbocycles. The Morgan fingerprint density at radius 2 is 2.10 bits per heavy atom. The van der Waals surface area contributed by atoms with E-state index in [9.17, 15) is 9.59 Å². The number of amides is 1. The van der Waals surface area contributed by atoms with E-state index in [1.807, 2.05) is 26.0 Å². The van der Waals surface area contributed by atoms with E-state index >= 15 is 0 Å². The van der Waals surface area contributed by atoms with Crippen LogP contribution in [0.3, 0.4) is 0 Å². The Bertz CT molecular complexity index is 527. The van der Waals surface area contributed by atoms with E-state index in [0.717, 1.165) is 12.0 Å². The van der Waals surface area contributed by atoms with Crippen molar-refractivity contribution in [3.05, 3.63) is 23.8 Å². The Balaban J connectivity index is 1.88. The molecule has 2 atom stereocenters. The van der Waals surface area contributed by atoms with Crippen molar-refractivity contribution in [1.29, 1.82) is 0 Å². The molecule has 2 rings (SSSR count). The molecule has 1 aliphatic carbocycles. The van der Waals surface area contributed by atoms with Gasteiger partial charge in [-0.3, -0.25) is 9.59 Å². The van der Waals surface area contributed by atoms with Gasteiger partial charge in [0.05, 0.1) is 18.7 Å². The number of hydrogen-bond donors (Lipinski definition) is 1. The van der Waals surface area contributed by atoms with Gasteiger partial charge in [-0.25, -0.2) is 0 Å². The van der Waals surface area contributed by atoms with Crippen molar-refractivity contribution in [3.8, 4) is 5.75 Å². The van der Waals surface area contributed by atoms with Crippen molar-refractivity contribution in [2.45, 2.75) is 20.3 Å². The lowest BCUT2D eigenvalue weighted by molar-refractivity contribution is -0.148. The minimum absolute atomic E-state index is 0.0312. The first-order chi connectivity index (χ1) is 9.51. The van der Waals surface area contributed by atoms with E-state index in [1.165, 1.54) is 7.11 Å². The molecule has 0 spiro atoms. The van der Waals surface area contributed by atoms with E-state index in [-0.39, 0.29) is 24.4 Å². The highest BCUT2D eigenvalue weighted by atomic mass is 16.5. The average molecular weight is 277 g/mol. The topological polar surface area (TPSA) is 64.6 Å². The van der Waals surface area contributed by atoms with Crippen LogP contribution in [0.2, 0.25) is 0 Å². The minimum Gasteiger partial charge on any atom is -0.495 e. The van der Waals surface area contributed by atoms with Crippen LogP contribution in [-0.2, 0) is 14.3 Å². The molecule has 1 amide bonds. The number of rotatable bonds is 5. The van der Waals surface area contributed by atoms with Gasteiger partial charge in [-0.1, -0.05) is 13.0 Å². The van der Waals surface area contributed by atoms with Crippen LogP contribution < -0.4 is 10.1 Å². The van der Waals surface area contributed by atoms with Gasteiger partial charge in [-0.2, -0.15) is 0 Å². The van der Waals surface area contributed by atoms with Gasteiger partial charge in [0.25, 0.3) is 5.91 Å². The fraction of sp³-hybridized carbons (Fsp3) is 0.467. The second-order valence-electron chi connectivity index (χ2n) is 5.18. The lowest BCUT2D eigenvalue weighted by atomic mass is 10.2. The number of ether oxygens (including phenoxy) is 2. The van der Waals surface area contributed by atoms with Crippen LogP contribution in [0.4, 0.5) is 5.69 Å². The SMILES string of the molecule is COc1ccc(C)cc1NC(=O)COC(=O)[C@@H]1C[C@H]1C. The van der Waals surface area contributed by atoms with E-state index in [4.69, 9.17) is 9.47 Å². The first-order valence-electron chi connectivity index (χ1n) is 6.62. The van der Waals surface area contributed by atoms with Crippen LogP contribution in [0, 0.1) is 18.8 Å². The molecule has 0 aromatic heterocycles. The summed E-state index contributed by atoms with van der Waals surface area (Å²) in [6.45, 7) is 3.65. The third-order valence-electron chi connectivity index (χ3n) is 3.39. The fourth-order valence-electron chi connectivity index (χ4n) is 2.00. The van der Waals surface area contributed by atoms with Gasteiger partial charge < -0.3 is 14.8 Å². The molecule has 0 unspecified atom stereocenters. The third-order valence-corrected chi connectivity index (χ3v) is 3.39. The molecule has 0 heterocycles. The van der Waals surface area contributed by atoms with Gasteiger partial charge in [-0.05, 0) is 37.0 Å². The van der Waals surface area contributed by atoms with Gasteiger partial charge in [-0.15, -0.1) is 0 Å². The second kappa shape index (κ2) is 5.94. The molecule has 5 nitrogen and oxygen atoms in total. The highest BCUT2D eigenvalue weighted by Crippen LogP contribution is 2.38. The summed E-state index contributed by atoms with van der Waals surface area (Å²) in [7, 11) is 1.54. The highest BCUT2D eigenvalue weighted by Gasteiger charge is 2.40. The Morgan fingerprint density at radius 1 is 1.40 bits per heavy atom. The predicted molar refractivity (Wildman–Crippen MR) is 74.6 cm³/mol. The smallest absolute Gasteiger partial charge is 0.309 e. The summed E-state index contributed by atoms with van der Waals surface area (Å²) < 4.78 is 10.1. The van der Waals surface area contributed by atoms with Crippen molar-refractivity contribution in [1.82, 2.24) is 0 Å². The summed E-state index contributed by atoms with van der Waals surface area (Å²) in [6, 6.07) is 5.48. The molecule has 20 heavy (non-hydrogen) atoms. The van der Waals surface area contributed by atoms with Crippen molar-refractivity contribution in [3.63, 3.8) is 0 Å². The fourth-order valence-corrected chi connectivity index (χ4v) is 2.00. The number of anilines is 1. The molecule has 0 aliphatic heterocycles. The number of carbonyl (C=O) groups excluding carboxylic acids is 2. The molecule has 1 aromatic carbocycles. The summed E-state index contributed by atoms with van der Waals surface area (Å²) in [5.41, 5.74) is 1.58. The number of methoxy groups -OCH3 is 1. The van der Waals surface area contributed by atoms with Crippen LogP contribution in [0.25, 0.3) is 0 Å². The summed E-state index contributed by atoms with van der Waals surface area (Å²) in [5.74, 6) is 0.268. The monoisotopic (exact) mass is 277 g/mol. The van der Waals surface area contributed by atoms with E-state index in [0.29, 0.717) is 17.4 Å². The molecule has 1 N–H and O–H groups in total. The first kappa shape index (κ1) is 14.4. The van der Waals surface area contributed by atoms with E-state index in [2.05, 4.69) is 5.32 Å². The summed E-state index contributed by atoms with van der Waals surface area (Å²) >= 11 is 0.